The first-order valence-corrected chi connectivity index (χ1v) is 9.54. The van der Waals surface area contributed by atoms with Gasteiger partial charge in [0.1, 0.15) is 19.9 Å². The van der Waals surface area contributed by atoms with Gasteiger partial charge >= 0.3 is 18.1 Å². The van der Waals surface area contributed by atoms with E-state index in [2.05, 4.69) is 4.72 Å². The molecular weight excluding hydrogens is 474 g/mol. The van der Waals surface area contributed by atoms with Crippen molar-refractivity contribution < 1.29 is 46.5 Å². The fraction of sp³-hybridized carbons (Fsp3) is 0.0769. The van der Waals surface area contributed by atoms with Crippen LogP contribution in [0.1, 0.15) is 10.4 Å². The van der Waals surface area contributed by atoms with Crippen molar-refractivity contribution in [2.75, 3.05) is 4.72 Å². The minimum atomic E-state index is -5.08. The van der Waals surface area contributed by atoms with Crippen molar-refractivity contribution >= 4 is 62.2 Å². The summed E-state index contributed by atoms with van der Waals surface area (Å²) in [6.45, 7) is 0. The van der Waals surface area contributed by atoms with Gasteiger partial charge in [-0.05, 0) is 18.2 Å². The zero-order valence-corrected chi connectivity index (χ0v) is 16.1. The van der Waals surface area contributed by atoms with Crippen LogP contribution < -0.4 is 4.72 Å². The van der Waals surface area contributed by atoms with Gasteiger partial charge in [0, 0.05) is 6.07 Å². The van der Waals surface area contributed by atoms with Gasteiger partial charge in [-0.3, -0.25) is 4.72 Å². The van der Waals surface area contributed by atoms with Crippen molar-refractivity contribution in [3.05, 3.63) is 39.2 Å². The number of alkyl halides is 3. The highest BCUT2D eigenvalue weighted by atomic mass is 35.5. The third kappa shape index (κ3) is 6.44. The number of phenols is 1. The highest BCUT2D eigenvalue weighted by Crippen LogP contribution is 2.35. The first-order valence-electron chi connectivity index (χ1n) is 6.49. The molecule has 154 valence electrons. The third-order valence-electron chi connectivity index (χ3n) is 2.61. The number of nitrogens with one attached hydrogen (secondary N) is 1. The number of aliphatic carboxylic acids is 1. The van der Waals surface area contributed by atoms with E-state index in [1.54, 1.807) is 0 Å². The molecule has 1 aromatic carbocycles. The number of aromatic hydroxyl groups is 1. The second-order valence-electron chi connectivity index (χ2n) is 4.63. The lowest BCUT2D eigenvalue weighted by Crippen LogP contribution is -2.21. The molecule has 2 rings (SSSR count). The van der Waals surface area contributed by atoms with Gasteiger partial charge in [0.15, 0.2) is 0 Å². The van der Waals surface area contributed by atoms with Gasteiger partial charge in [-0.25, -0.2) is 18.0 Å². The standard InChI is InChI=1S/C11H7Cl2NO5S2.C2HF3O2/c12-7-4-9(20-10(7)13)21(18,19)14-5-1-2-6(11(16)17)8(15)3-5;3-2(4,5)1(6)7/h1-4,14-15H,(H,16,17);(H,6,7). The number of rotatable bonds is 4. The Morgan fingerprint density at radius 3 is 2.00 bits per heavy atom. The van der Waals surface area contributed by atoms with E-state index < -0.39 is 33.9 Å². The molecule has 8 nitrogen and oxygen atoms in total. The molecule has 15 heteroatoms. The smallest absolute Gasteiger partial charge is 0.490 e. The number of sulfonamides is 1. The van der Waals surface area contributed by atoms with Gasteiger partial charge in [0.05, 0.1) is 10.7 Å². The Morgan fingerprint density at radius 2 is 1.64 bits per heavy atom. The minimum absolute atomic E-state index is 0.0122. The van der Waals surface area contributed by atoms with E-state index in [0.717, 1.165) is 23.5 Å². The van der Waals surface area contributed by atoms with Crippen LogP contribution in [0, 0.1) is 0 Å². The number of carbonyl (C=O) groups is 2. The van der Waals surface area contributed by atoms with Crippen molar-refractivity contribution in [3.8, 4) is 5.75 Å². The van der Waals surface area contributed by atoms with E-state index in [9.17, 15) is 31.5 Å². The van der Waals surface area contributed by atoms with Gasteiger partial charge in [-0.2, -0.15) is 13.2 Å². The quantitative estimate of drug-likeness (QED) is 0.518. The van der Waals surface area contributed by atoms with Gasteiger partial charge in [-0.15, -0.1) is 11.3 Å². The number of aromatic carboxylic acids is 1. The molecule has 0 aliphatic heterocycles. The SMILES string of the molecule is O=C(O)C(F)(F)F.O=C(O)c1ccc(NS(=O)(=O)c2cc(Cl)c(Cl)s2)cc1O. The molecule has 0 fully saturated rings. The Bertz CT molecular complexity index is 987. The van der Waals surface area contributed by atoms with E-state index in [4.69, 9.17) is 38.2 Å². The Morgan fingerprint density at radius 1 is 1.11 bits per heavy atom. The highest BCUT2D eigenvalue weighted by Gasteiger charge is 2.38. The molecule has 2 aromatic rings. The number of carboxylic acid groups (broad SMARTS) is 2. The number of benzene rings is 1. The van der Waals surface area contributed by atoms with E-state index in [-0.39, 0.29) is 24.8 Å². The summed E-state index contributed by atoms with van der Waals surface area (Å²) >= 11 is 12.2. The van der Waals surface area contributed by atoms with E-state index >= 15 is 0 Å². The molecule has 0 aliphatic rings. The normalized spacial score (nSPS) is 11.3. The summed E-state index contributed by atoms with van der Waals surface area (Å²) < 4.78 is 58.1. The summed E-state index contributed by atoms with van der Waals surface area (Å²) in [5.74, 6) is -4.63. The number of hydrogen-bond donors (Lipinski definition) is 4. The van der Waals surface area contributed by atoms with Crippen molar-refractivity contribution in [2.45, 2.75) is 10.4 Å². The molecule has 28 heavy (non-hydrogen) atoms. The number of halogens is 5. The number of carboxylic acids is 2. The highest BCUT2D eigenvalue weighted by molar-refractivity contribution is 7.94. The third-order valence-corrected chi connectivity index (χ3v) is 6.33. The maximum absolute atomic E-state index is 12.1. The summed E-state index contributed by atoms with van der Waals surface area (Å²) in [5.41, 5.74) is -0.321. The van der Waals surface area contributed by atoms with Crippen LogP contribution in [0.25, 0.3) is 0 Å². The Balaban J connectivity index is 0.000000480. The maximum atomic E-state index is 12.1. The lowest BCUT2D eigenvalue weighted by Gasteiger charge is -2.07. The van der Waals surface area contributed by atoms with Crippen molar-refractivity contribution in [3.63, 3.8) is 0 Å². The maximum Gasteiger partial charge on any atom is 0.490 e. The molecule has 0 radical (unpaired) electrons. The Kier molecular flexibility index (Phi) is 7.53. The van der Waals surface area contributed by atoms with Gasteiger partial charge in [0.2, 0.25) is 0 Å². The first-order chi connectivity index (χ1) is 12.6. The van der Waals surface area contributed by atoms with Crippen molar-refractivity contribution in [1.82, 2.24) is 0 Å². The number of hydrogen-bond acceptors (Lipinski definition) is 6. The predicted molar refractivity (Wildman–Crippen MR) is 93.9 cm³/mol. The van der Waals surface area contributed by atoms with E-state index in [1.165, 1.54) is 12.1 Å². The summed E-state index contributed by atoms with van der Waals surface area (Å²) in [5, 5.41) is 25.5. The fourth-order valence-corrected chi connectivity index (χ4v) is 4.37. The molecule has 0 unspecified atom stereocenters. The van der Waals surface area contributed by atoms with Gasteiger partial charge in [0.25, 0.3) is 10.0 Å². The lowest BCUT2D eigenvalue weighted by atomic mass is 10.2. The van der Waals surface area contributed by atoms with Crippen molar-refractivity contribution in [2.24, 2.45) is 0 Å². The summed E-state index contributed by atoms with van der Waals surface area (Å²) in [7, 11) is -3.92. The first kappa shape index (κ1) is 23.8. The Labute approximate surface area is 168 Å². The number of anilines is 1. The molecular formula is C13H8Cl2F3NO7S2. The van der Waals surface area contributed by atoms with E-state index in [1.807, 2.05) is 0 Å². The largest absolute Gasteiger partial charge is 0.507 e. The van der Waals surface area contributed by atoms with Crippen LogP contribution in [-0.2, 0) is 14.8 Å². The summed E-state index contributed by atoms with van der Waals surface area (Å²) in [4.78, 5) is 19.6. The zero-order chi connectivity index (χ0) is 21.9. The van der Waals surface area contributed by atoms with Crippen LogP contribution in [0.3, 0.4) is 0 Å². The average Bonchev–Trinajstić information content (AvgIpc) is 2.86. The minimum Gasteiger partial charge on any atom is -0.507 e. The molecule has 0 saturated carbocycles. The molecule has 0 aliphatic carbocycles. The second-order valence-corrected chi connectivity index (χ2v) is 8.60. The molecule has 0 spiro atoms. The van der Waals surface area contributed by atoms with Gasteiger partial charge in [-0.1, -0.05) is 23.2 Å². The second kappa shape index (κ2) is 8.86. The molecule has 0 amide bonds. The molecule has 1 aromatic heterocycles. The summed E-state index contributed by atoms with van der Waals surface area (Å²) in [6, 6.07) is 4.50. The fourth-order valence-electron chi connectivity index (χ4n) is 1.44. The van der Waals surface area contributed by atoms with Crippen LogP contribution in [0.4, 0.5) is 18.9 Å². The zero-order valence-electron chi connectivity index (χ0n) is 13.0. The van der Waals surface area contributed by atoms with Crippen molar-refractivity contribution in [1.29, 1.82) is 0 Å². The molecule has 1 heterocycles. The molecule has 0 bridgehead atoms. The predicted octanol–water partition coefficient (Wildman–Crippen LogP) is 3.89. The number of thiophene rings is 1. The van der Waals surface area contributed by atoms with Crippen LogP contribution in [0.5, 0.6) is 5.75 Å². The molecule has 0 saturated heterocycles. The van der Waals surface area contributed by atoms with Gasteiger partial charge < -0.3 is 15.3 Å². The molecule has 0 atom stereocenters. The topological polar surface area (TPSA) is 141 Å². The Hall–Kier alpha value is -2.22. The monoisotopic (exact) mass is 481 g/mol. The van der Waals surface area contributed by atoms with E-state index in [0.29, 0.717) is 0 Å². The van der Waals surface area contributed by atoms with Crippen LogP contribution >= 0.6 is 34.5 Å². The van der Waals surface area contributed by atoms with Crippen LogP contribution in [-0.4, -0.2) is 41.9 Å². The van der Waals surface area contributed by atoms with Crippen LogP contribution in [0.15, 0.2) is 28.5 Å². The summed E-state index contributed by atoms with van der Waals surface area (Å²) in [6.07, 6.45) is -5.08. The molecule has 4 N–H and O–H groups in total. The lowest BCUT2D eigenvalue weighted by molar-refractivity contribution is -0.192. The van der Waals surface area contributed by atoms with Crippen LogP contribution in [0.2, 0.25) is 9.36 Å². The average molecular weight is 482 g/mol.